The van der Waals surface area contributed by atoms with Crippen LogP contribution in [-0.4, -0.2) is 39.6 Å². The Morgan fingerprint density at radius 1 is 1.06 bits per heavy atom. The van der Waals surface area contributed by atoms with Crippen molar-refractivity contribution >= 4 is 40.8 Å². The van der Waals surface area contributed by atoms with Crippen molar-refractivity contribution in [3.05, 3.63) is 40.0 Å². The van der Waals surface area contributed by atoms with Crippen LogP contribution in [-0.2, 0) is 15.0 Å². The van der Waals surface area contributed by atoms with Crippen LogP contribution in [0.4, 0.5) is 5.82 Å². The number of carbonyl (C=O) groups is 2. The maximum Gasteiger partial charge on any atom is 0.245 e. The molecule has 6 nitrogen and oxygen atoms in total. The average Bonchev–Trinajstić information content (AvgIpc) is 3.10. The van der Waals surface area contributed by atoms with Crippen LogP contribution in [0.15, 0.2) is 24.3 Å². The molecule has 0 radical (unpaired) electrons. The molecule has 2 aromatic rings. The molecule has 0 unspecified atom stereocenters. The van der Waals surface area contributed by atoms with Crippen molar-refractivity contribution in [3.8, 4) is 5.69 Å². The van der Waals surface area contributed by atoms with E-state index < -0.39 is 0 Å². The van der Waals surface area contributed by atoms with E-state index in [2.05, 4.69) is 33.0 Å². The first kappa shape index (κ1) is 27.2. The van der Waals surface area contributed by atoms with Gasteiger partial charge in [-0.05, 0) is 30.0 Å². The summed E-state index contributed by atoms with van der Waals surface area (Å²) in [5, 5.41) is 8.50. The standard InChI is InChI=1S/C25H36Cl2N4O2/c1-8-9-12-30(23(33)15-24(2,3)4)16-22(32)28-21-14-20(25(5,6)7)29-31(21)17-10-11-18(26)19(27)13-17/h10-11,13-14H,8-9,12,15-16H2,1-7H3,(H,28,32). The first-order valence-corrected chi connectivity index (χ1v) is 12.1. The van der Waals surface area contributed by atoms with Gasteiger partial charge in [0.1, 0.15) is 5.82 Å². The number of carbonyl (C=O) groups excluding carboxylic acids is 2. The molecule has 0 aliphatic rings. The van der Waals surface area contributed by atoms with Crippen LogP contribution in [0.3, 0.4) is 0 Å². The number of unbranched alkanes of at least 4 members (excludes halogenated alkanes) is 1. The quantitative estimate of drug-likeness (QED) is 0.456. The first-order valence-electron chi connectivity index (χ1n) is 11.3. The number of anilines is 1. The van der Waals surface area contributed by atoms with Gasteiger partial charge in [-0.15, -0.1) is 0 Å². The fourth-order valence-corrected chi connectivity index (χ4v) is 3.50. The Bertz CT molecular complexity index is 987. The van der Waals surface area contributed by atoms with Gasteiger partial charge in [0, 0.05) is 24.4 Å². The highest BCUT2D eigenvalue weighted by atomic mass is 35.5. The molecule has 0 saturated heterocycles. The summed E-state index contributed by atoms with van der Waals surface area (Å²) in [4.78, 5) is 27.5. The maximum atomic E-state index is 13.0. The fourth-order valence-electron chi connectivity index (χ4n) is 3.21. The van der Waals surface area contributed by atoms with E-state index in [1.54, 1.807) is 27.8 Å². The minimum Gasteiger partial charge on any atom is -0.333 e. The second-order valence-corrected chi connectivity index (χ2v) is 11.4. The smallest absolute Gasteiger partial charge is 0.245 e. The van der Waals surface area contributed by atoms with Gasteiger partial charge >= 0.3 is 0 Å². The molecule has 1 N–H and O–H groups in total. The molecule has 0 spiro atoms. The van der Waals surface area contributed by atoms with Crippen molar-refractivity contribution in [1.29, 1.82) is 0 Å². The molecule has 0 bridgehead atoms. The van der Waals surface area contributed by atoms with Gasteiger partial charge in [0.25, 0.3) is 0 Å². The molecular formula is C25H36Cl2N4O2. The Balaban J connectivity index is 2.31. The molecule has 1 aromatic carbocycles. The van der Waals surface area contributed by atoms with Crippen molar-refractivity contribution in [2.24, 2.45) is 5.41 Å². The number of nitrogens with zero attached hydrogens (tertiary/aromatic N) is 3. The number of nitrogens with one attached hydrogen (secondary N) is 1. The Morgan fingerprint density at radius 3 is 2.27 bits per heavy atom. The molecule has 0 atom stereocenters. The number of hydrogen-bond donors (Lipinski definition) is 1. The van der Waals surface area contributed by atoms with Crippen molar-refractivity contribution in [3.63, 3.8) is 0 Å². The van der Waals surface area contributed by atoms with Crippen molar-refractivity contribution in [2.75, 3.05) is 18.4 Å². The summed E-state index contributed by atoms with van der Waals surface area (Å²) in [6, 6.07) is 7.05. The first-order chi connectivity index (χ1) is 15.2. The van der Waals surface area contributed by atoms with Crippen LogP contribution in [0.25, 0.3) is 5.69 Å². The van der Waals surface area contributed by atoms with Gasteiger partial charge in [0.05, 0.1) is 28.0 Å². The van der Waals surface area contributed by atoms with E-state index in [1.165, 1.54) is 0 Å². The largest absolute Gasteiger partial charge is 0.333 e. The molecule has 0 aliphatic carbocycles. The topological polar surface area (TPSA) is 67.2 Å². The fraction of sp³-hybridized carbons (Fsp3) is 0.560. The van der Waals surface area contributed by atoms with Crippen molar-refractivity contribution in [2.45, 2.75) is 73.1 Å². The van der Waals surface area contributed by atoms with E-state index >= 15 is 0 Å². The third-order valence-electron chi connectivity index (χ3n) is 5.04. The molecule has 182 valence electrons. The van der Waals surface area contributed by atoms with Crippen molar-refractivity contribution < 1.29 is 9.59 Å². The lowest BCUT2D eigenvalue weighted by molar-refractivity contribution is -0.136. The van der Waals surface area contributed by atoms with E-state index in [-0.39, 0.29) is 29.2 Å². The number of benzene rings is 1. The zero-order valence-corrected chi connectivity index (χ0v) is 22.3. The van der Waals surface area contributed by atoms with Gasteiger partial charge in [-0.2, -0.15) is 5.10 Å². The van der Waals surface area contributed by atoms with Gasteiger partial charge in [0.15, 0.2) is 0 Å². The molecule has 0 fully saturated rings. The molecule has 0 aliphatic heterocycles. The van der Waals surface area contributed by atoms with Crippen LogP contribution in [0.5, 0.6) is 0 Å². The summed E-state index contributed by atoms with van der Waals surface area (Å²) < 4.78 is 1.65. The Kier molecular flexibility index (Phi) is 9.00. The van der Waals surface area contributed by atoms with Crippen LogP contribution < -0.4 is 5.32 Å². The van der Waals surface area contributed by atoms with E-state index in [9.17, 15) is 9.59 Å². The second kappa shape index (κ2) is 10.9. The Morgan fingerprint density at radius 2 is 1.73 bits per heavy atom. The van der Waals surface area contributed by atoms with Crippen LogP contribution >= 0.6 is 23.2 Å². The van der Waals surface area contributed by atoms with Crippen LogP contribution in [0.1, 0.15) is 73.4 Å². The maximum absolute atomic E-state index is 13.0. The highest BCUT2D eigenvalue weighted by Gasteiger charge is 2.25. The molecular weight excluding hydrogens is 459 g/mol. The predicted molar refractivity (Wildman–Crippen MR) is 136 cm³/mol. The van der Waals surface area contributed by atoms with Crippen LogP contribution in [0.2, 0.25) is 10.0 Å². The summed E-state index contributed by atoms with van der Waals surface area (Å²) in [5.74, 6) is 0.233. The van der Waals surface area contributed by atoms with E-state index in [1.807, 2.05) is 26.8 Å². The van der Waals surface area contributed by atoms with Gasteiger partial charge in [-0.25, -0.2) is 4.68 Å². The predicted octanol–water partition coefficient (Wildman–Crippen LogP) is 6.48. The molecule has 1 heterocycles. The third kappa shape index (κ3) is 8.04. The van der Waals surface area contributed by atoms with Gasteiger partial charge in [-0.3, -0.25) is 9.59 Å². The molecule has 0 saturated carbocycles. The Hall–Kier alpha value is -2.05. The van der Waals surface area contributed by atoms with Gasteiger partial charge in [-0.1, -0.05) is 78.1 Å². The molecule has 8 heteroatoms. The molecule has 33 heavy (non-hydrogen) atoms. The summed E-state index contributed by atoms with van der Waals surface area (Å²) in [6.45, 7) is 14.8. The average molecular weight is 495 g/mol. The van der Waals surface area contributed by atoms with Gasteiger partial charge < -0.3 is 10.2 Å². The van der Waals surface area contributed by atoms with Gasteiger partial charge in [0.2, 0.25) is 11.8 Å². The lowest BCUT2D eigenvalue weighted by Gasteiger charge is -2.26. The zero-order valence-electron chi connectivity index (χ0n) is 20.8. The highest BCUT2D eigenvalue weighted by Crippen LogP contribution is 2.29. The summed E-state index contributed by atoms with van der Waals surface area (Å²) in [6.07, 6.45) is 2.18. The third-order valence-corrected chi connectivity index (χ3v) is 5.78. The normalized spacial score (nSPS) is 12.0. The number of rotatable bonds is 8. The van der Waals surface area contributed by atoms with E-state index in [0.29, 0.717) is 34.5 Å². The molecule has 2 amide bonds. The zero-order chi connectivity index (χ0) is 25.0. The summed E-state index contributed by atoms with van der Waals surface area (Å²) >= 11 is 12.3. The Labute approximate surface area is 207 Å². The van der Waals surface area contributed by atoms with E-state index in [4.69, 9.17) is 28.3 Å². The minimum atomic E-state index is -0.268. The number of aromatic nitrogens is 2. The number of halogens is 2. The van der Waals surface area contributed by atoms with Crippen molar-refractivity contribution in [1.82, 2.24) is 14.7 Å². The SMILES string of the molecule is CCCCN(CC(=O)Nc1cc(C(C)(C)C)nn1-c1ccc(Cl)c(Cl)c1)C(=O)CC(C)(C)C. The summed E-state index contributed by atoms with van der Waals surface area (Å²) in [5.41, 5.74) is 1.13. The lowest BCUT2D eigenvalue weighted by atomic mass is 9.91. The highest BCUT2D eigenvalue weighted by molar-refractivity contribution is 6.42. The number of hydrogen-bond acceptors (Lipinski definition) is 3. The summed E-state index contributed by atoms with van der Waals surface area (Å²) in [7, 11) is 0. The number of amides is 2. The van der Waals surface area contributed by atoms with Crippen LogP contribution in [0, 0.1) is 5.41 Å². The monoisotopic (exact) mass is 494 g/mol. The minimum absolute atomic E-state index is 0.00762. The lowest BCUT2D eigenvalue weighted by Crippen LogP contribution is -2.40. The molecule has 2 rings (SSSR count). The second-order valence-electron chi connectivity index (χ2n) is 10.6. The molecule has 1 aromatic heterocycles. The van der Waals surface area contributed by atoms with E-state index in [0.717, 1.165) is 18.5 Å².